The number of aromatic nitrogens is 3. The summed E-state index contributed by atoms with van der Waals surface area (Å²) >= 11 is 5.49. The van der Waals surface area contributed by atoms with Gasteiger partial charge in [0.05, 0.1) is 16.6 Å². The number of imidazole rings is 1. The molecule has 10 rings (SSSR count). The Hall–Kier alpha value is -9.56. The van der Waals surface area contributed by atoms with Crippen LogP contribution in [0.15, 0.2) is 131 Å². The summed E-state index contributed by atoms with van der Waals surface area (Å²) in [4.78, 5) is 84.1. The van der Waals surface area contributed by atoms with Gasteiger partial charge in [0.15, 0.2) is 17.1 Å². The van der Waals surface area contributed by atoms with Crippen LogP contribution < -0.4 is 31.4 Å². The molecule has 1 atom stereocenters. The van der Waals surface area contributed by atoms with Crippen molar-refractivity contribution < 1.29 is 53.6 Å². The van der Waals surface area contributed by atoms with Crippen molar-refractivity contribution in [3.05, 3.63) is 154 Å². The highest BCUT2D eigenvalue weighted by atomic mass is 32.1. The standard InChI is InChI=1S/C57H49N7O12S/c65-37-13-10-32-20-43-42(24-38(66)26-50(43)76-49(32)25-37)40-15-12-35(23-44(40)55(71)72)61-57(77)59-19-18-58-53(69)31-8-6-30(7-9-31)52-62-46-21-33(11-17-48(46)64(52)36-4-2-1-3-5-36)54(70)63-47(56(73)74)22-34-28-60-45-16-14-39(27-41(34)45)75-29-51(67)68/h6-17,20-21,23-28,36,47,60,65H,1-5,18-19,22,29H2,(H,58,69)(H,63,70)(H,67,68)(H,71,72)(H,73,74)(H2,59,61,77)/t47-/m0/s1. The number of amides is 2. The van der Waals surface area contributed by atoms with Crippen LogP contribution in [0.3, 0.4) is 0 Å². The number of phenolic OH excluding ortho intramolecular Hbond substituents is 1. The van der Waals surface area contributed by atoms with E-state index < -0.39 is 36.5 Å². The maximum atomic E-state index is 13.7. The van der Waals surface area contributed by atoms with E-state index in [0.717, 1.165) is 43.2 Å². The van der Waals surface area contributed by atoms with Gasteiger partial charge in [-0.05, 0) is 127 Å². The Bertz CT molecular complexity index is 3840. The van der Waals surface area contributed by atoms with Crippen LogP contribution in [0.5, 0.6) is 11.5 Å². The van der Waals surface area contributed by atoms with Gasteiger partial charge in [-0.25, -0.2) is 19.4 Å². The van der Waals surface area contributed by atoms with Gasteiger partial charge in [0.25, 0.3) is 11.8 Å². The summed E-state index contributed by atoms with van der Waals surface area (Å²) in [5, 5.41) is 52.4. The van der Waals surface area contributed by atoms with Crippen molar-refractivity contribution in [3.63, 3.8) is 0 Å². The fourth-order valence-electron chi connectivity index (χ4n) is 9.87. The molecule has 1 fully saturated rings. The first-order chi connectivity index (χ1) is 37.1. The number of fused-ring (bicyclic) bond motifs is 4. The largest absolute Gasteiger partial charge is 0.508 e. The SMILES string of the molecule is O=C(O)COc1ccc2[nH]cc(C[C@H](NC(=O)c3ccc4c(c3)nc(-c3ccc(C(=O)NCCNC(=S)Nc5ccc(-c6cc(=O)cc7oc8cc(O)ccc8cc6-7)c(C(=O)O)c5)cc3)n4C3CCCCC3)C(=O)O)c2c1. The zero-order valence-corrected chi connectivity index (χ0v) is 41.7. The molecule has 2 aliphatic carbocycles. The predicted octanol–water partition coefficient (Wildman–Crippen LogP) is 8.58. The average molecular weight is 1060 g/mol. The molecule has 5 aromatic carbocycles. The highest BCUT2D eigenvalue weighted by Crippen LogP contribution is 2.39. The van der Waals surface area contributed by atoms with Crippen molar-refractivity contribution >= 4 is 85.6 Å². The first-order valence-electron chi connectivity index (χ1n) is 24.7. The van der Waals surface area contributed by atoms with E-state index in [1.54, 1.807) is 72.9 Å². The number of carbonyl (C=O) groups excluding carboxylic acids is 2. The predicted molar refractivity (Wildman–Crippen MR) is 291 cm³/mol. The Balaban J connectivity index is 0.781. The number of rotatable bonds is 17. The van der Waals surface area contributed by atoms with Gasteiger partial charge >= 0.3 is 17.9 Å². The number of aromatic amines is 1. The number of nitrogens with zero attached hydrogens (tertiary/aromatic N) is 2. The third kappa shape index (κ3) is 11.1. The molecule has 0 unspecified atom stereocenters. The molecule has 0 radical (unpaired) electrons. The summed E-state index contributed by atoms with van der Waals surface area (Å²) in [7, 11) is 0. The van der Waals surface area contributed by atoms with Crippen LogP contribution in [0.4, 0.5) is 5.69 Å². The normalized spacial score (nSPS) is 13.1. The maximum Gasteiger partial charge on any atom is 0.341 e. The van der Waals surface area contributed by atoms with Crippen molar-refractivity contribution in [2.45, 2.75) is 50.6 Å². The molecule has 0 saturated heterocycles. The van der Waals surface area contributed by atoms with E-state index in [1.807, 2.05) is 18.2 Å². The first kappa shape index (κ1) is 50.9. The molecule has 1 saturated carbocycles. The number of carbonyl (C=O) groups is 5. The maximum absolute atomic E-state index is 13.7. The highest BCUT2D eigenvalue weighted by Gasteiger charge is 2.27. The van der Waals surface area contributed by atoms with Gasteiger partial charge < -0.3 is 60.4 Å². The van der Waals surface area contributed by atoms with E-state index in [-0.39, 0.29) is 70.2 Å². The first-order valence-corrected chi connectivity index (χ1v) is 25.1. The summed E-state index contributed by atoms with van der Waals surface area (Å²) in [5.74, 6) is -3.34. The zero-order valence-electron chi connectivity index (χ0n) is 40.9. The van der Waals surface area contributed by atoms with Crippen LogP contribution >= 0.6 is 12.2 Å². The lowest BCUT2D eigenvalue weighted by molar-refractivity contribution is -0.140. The zero-order chi connectivity index (χ0) is 53.9. The van der Waals surface area contributed by atoms with Crippen LogP contribution in [0.25, 0.3) is 66.7 Å². The summed E-state index contributed by atoms with van der Waals surface area (Å²) < 4.78 is 13.4. The smallest absolute Gasteiger partial charge is 0.341 e. The molecule has 390 valence electrons. The lowest BCUT2D eigenvalue weighted by atomic mass is 9.92. The number of anilines is 1. The van der Waals surface area contributed by atoms with Crippen molar-refractivity contribution in [2.75, 3.05) is 25.0 Å². The Labute approximate surface area is 442 Å². The van der Waals surface area contributed by atoms with Crippen molar-refractivity contribution in [2.24, 2.45) is 0 Å². The van der Waals surface area contributed by atoms with Crippen molar-refractivity contribution in [1.82, 2.24) is 30.5 Å². The Morgan fingerprint density at radius 2 is 1.57 bits per heavy atom. The fraction of sp³-hybridized carbons (Fsp3) is 0.193. The van der Waals surface area contributed by atoms with E-state index in [2.05, 4.69) is 30.8 Å². The summed E-state index contributed by atoms with van der Waals surface area (Å²) in [6.07, 6.45) is 6.67. The molecular formula is C57H49N7O12S. The lowest BCUT2D eigenvalue weighted by Gasteiger charge is -2.25. The molecule has 2 amide bonds. The topological polar surface area (TPSA) is 287 Å². The minimum Gasteiger partial charge on any atom is -0.508 e. The molecule has 3 heterocycles. The number of H-pyrrole nitrogens is 1. The number of thiocarbonyl (C=S) groups is 1. The number of hydrogen-bond donors (Lipinski definition) is 9. The molecule has 77 heavy (non-hydrogen) atoms. The minimum absolute atomic E-state index is 0.00481. The fourth-order valence-corrected chi connectivity index (χ4v) is 10.1. The number of nitrogens with one attached hydrogen (secondary N) is 5. The number of carboxylic acid groups (broad SMARTS) is 3. The molecule has 7 aromatic rings. The molecule has 9 N–H and O–H groups in total. The third-order valence-corrected chi connectivity index (χ3v) is 13.8. The molecule has 20 heteroatoms. The second-order valence-electron chi connectivity index (χ2n) is 18.7. The van der Waals surface area contributed by atoms with Crippen LogP contribution in [-0.2, 0) is 16.0 Å². The highest BCUT2D eigenvalue weighted by molar-refractivity contribution is 7.80. The van der Waals surface area contributed by atoms with E-state index in [9.17, 15) is 44.1 Å². The average Bonchev–Trinajstić information content (AvgIpc) is 4.06. The molecule has 1 aliphatic heterocycles. The van der Waals surface area contributed by atoms with Crippen molar-refractivity contribution in [3.8, 4) is 45.3 Å². The number of aromatic carboxylic acids is 1. The number of aliphatic carboxylic acids is 2. The second kappa shape index (κ2) is 21.7. The van der Waals surface area contributed by atoms with Gasteiger partial charge in [0.2, 0.25) is 0 Å². The van der Waals surface area contributed by atoms with Crippen LogP contribution in [-0.4, -0.2) is 95.5 Å². The monoisotopic (exact) mass is 1060 g/mol. The van der Waals surface area contributed by atoms with Gasteiger partial charge in [-0.1, -0.05) is 37.5 Å². The lowest BCUT2D eigenvalue weighted by Crippen LogP contribution is -2.42. The number of aromatic hydroxyl groups is 1. The number of carboxylic acids is 3. The third-order valence-electron chi connectivity index (χ3n) is 13.6. The summed E-state index contributed by atoms with van der Waals surface area (Å²) in [5.41, 5.74) is 5.43. The Morgan fingerprint density at radius 1 is 0.792 bits per heavy atom. The van der Waals surface area contributed by atoms with Gasteiger partial charge in [-0.3, -0.25) is 14.4 Å². The molecule has 3 aliphatic rings. The van der Waals surface area contributed by atoms with E-state index >= 15 is 0 Å². The number of ether oxygens (including phenoxy) is 1. The van der Waals surface area contributed by atoms with Gasteiger partial charge in [0.1, 0.15) is 34.7 Å². The quantitative estimate of drug-likeness (QED) is 0.0234. The second-order valence-corrected chi connectivity index (χ2v) is 19.1. The van der Waals surface area contributed by atoms with E-state index in [0.29, 0.717) is 66.9 Å². The molecule has 19 nitrogen and oxygen atoms in total. The molecule has 2 aromatic heterocycles. The van der Waals surface area contributed by atoms with Gasteiger partial charge in [-0.2, -0.15) is 0 Å². The minimum atomic E-state index is -1.30. The van der Waals surface area contributed by atoms with Crippen LogP contribution in [0, 0.1) is 0 Å². The Kier molecular flexibility index (Phi) is 14.4. The number of phenols is 1. The van der Waals surface area contributed by atoms with Crippen LogP contribution in [0.1, 0.15) is 74.8 Å². The number of hydrogen-bond acceptors (Lipinski definition) is 11. The van der Waals surface area contributed by atoms with Crippen LogP contribution in [0.2, 0.25) is 0 Å². The summed E-state index contributed by atoms with van der Waals surface area (Å²) in [6, 6.07) is 29.6. The van der Waals surface area contributed by atoms with Gasteiger partial charge in [0, 0.05) is 88.1 Å². The van der Waals surface area contributed by atoms with Gasteiger partial charge in [-0.15, -0.1) is 0 Å². The molecule has 0 bridgehead atoms. The Morgan fingerprint density at radius 3 is 2.34 bits per heavy atom. The number of benzene rings is 6. The molecule has 0 spiro atoms. The van der Waals surface area contributed by atoms with Crippen molar-refractivity contribution in [1.29, 1.82) is 0 Å². The van der Waals surface area contributed by atoms with E-state index in [1.165, 1.54) is 30.3 Å². The molecular weight excluding hydrogens is 1010 g/mol. The summed E-state index contributed by atoms with van der Waals surface area (Å²) in [6.45, 7) is -0.114. The van der Waals surface area contributed by atoms with E-state index in [4.69, 9.17) is 31.5 Å².